The summed E-state index contributed by atoms with van der Waals surface area (Å²) in [6.45, 7) is 2.88. The molecule has 0 rings (SSSR count). The van der Waals surface area contributed by atoms with Gasteiger partial charge in [-0.25, -0.2) is 0 Å². The molecule has 0 aliphatic heterocycles. The Morgan fingerprint density at radius 1 is 1.20 bits per heavy atom. The molecular formula is C8H18ClN. The van der Waals surface area contributed by atoms with Gasteiger partial charge in [0, 0.05) is 5.38 Å². The van der Waals surface area contributed by atoms with Crippen LogP contribution in [-0.4, -0.2) is 11.9 Å². The van der Waals surface area contributed by atoms with Crippen LogP contribution in [0.2, 0.25) is 0 Å². The van der Waals surface area contributed by atoms with Crippen LogP contribution >= 0.6 is 11.6 Å². The van der Waals surface area contributed by atoms with Gasteiger partial charge in [0.15, 0.2) is 0 Å². The second-order valence-corrected chi connectivity index (χ2v) is 3.52. The van der Waals surface area contributed by atoms with Gasteiger partial charge < -0.3 is 5.73 Å². The van der Waals surface area contributed by atoms with Gasteiger partial charge in [0.2, 0.25) is 0 Å². The van der Waals surface area contributed by atoms with Crippen molar-refractivity contribution in [3.63, 3.8) is 0 Å². The maximum Gasteiger partial charge on any atom is 0.0307 e. The first kappa shape index (κ1) is 10.2. The molecule has 0 aliphatic rings. The van der Waals surface area contributed by atoms with Crippen LogP contribution in [-0.2, 0) is 0 Å². The highest BCUT2D eigenvalue weighted by Gasteiger charge is 1.94. The predicted molar refractivity (Wildman–Crippen MR) is 47.5 cm³/mol. The first-order valence-electron chi connectivity index (χ1n) is 4.11. The van der Waals surface area contributed by atoms with Crippen LogP contribution in [0.5, 0.6) is 0 Å². The SMILES string of the molecule is CC(Cl)CCCCCCN. The maximum absolute atomic E-state index is 5.77. The fourth-order valence-corrected chi connectivity index (χ4v) is 1.08. The smallest absolute Gasteiger partial charge is 0.0307 e. The molecule has 0 amide bonds. The number of hydrogen-bond acceptors (Lipinski definition) is 1. The van der Waals surface area contributed by atoms with Gasteiger partial charge in [0.25, 0.3) is 0 Å². The molecule has 10 heavy (non-hydrogen) atoms. The van der Waals surface area contributed by atoms with Crippen LogP contribution in [0, 0.1) is 0 Å². The van der Waals surface area contributed by atoms with E-state index in [-0.39, 0.29) is 0 Å². The van der Waals surface area contributed by atoms with Crippen molar-refractivity contribution < 1.29 is 0 Å². The van der Waals surface area contributed by atoms with Gasteiger partial charge in [-0.1, -0.05) is 19.3 Å². The molecule has 0 bridgehead atoms. The minimum Gasteiger partial charge on any atom is -0.330 e. The van der Waals surface area contributed by atoms with Gasteiger partial charge in [-0.3, -0.25) is 0 Å². The average molecular weight is 164 g/mol. The average Bonchev–Trinajstić information content (AvgIpc) is 1.87. The highest BCUT2D eigenvalue weighted by Crippen LogP contribution is 2.08. The molecule has 0 fully saturated rings. The van der Waals surface area contributed by atoms with Crippen molar-refractivity contribution in [2.24, 2.45) is 5.73 Å². The van der Waals surface area contributed by atoms with Crippen molar-refractivity contribution in [3.8, 4) is 0 Å². The summed E-state index contributed by atoms with van der Waals surface area (Å²) in [5.74, 6) is 0. The van der Waals surface area contributed by atoms with Gasteiger partial charge in [-0.15, -0.1) is 11.6 Å². The minimum atomic E-state index is 0.345. The molecule has 0 aromatic heterocycles. The fraction of sp³-hybridized carbons (Fsp3) is 1.00. The quantitative estimate of drug-likeness (QED) is 0.473. The number of unbranched alkanes of at least 4 members (excludes halogenated alkanes) is 3. The normalized spacial score (nSPS) is 13.5. The summed E-state index contributed by atoms with van der Waals surface area (Å²) < 4.78 is 0. The van der Waals surface area contributed by atoms with Crippen molar-refractivity contribution in [2.75, 3.05) is 6.54 Å². The lowest BCUT2D eigenvalue weighted by Crippen LogP contribution is -1.98. The maximum atomic E-state index is 5.77. The van der Waals surface area contributed by atoms with E-state index >= 15 is 0 Å². The zero-order valence-corrected chi connectivity index (χ0v) is 7.53. The van der Waals surface area contributed by atoms with Crippen molar-refractivity contribution in [3.05, 3.63) is 0 Å². The number of halogens is 1. The van der Waals surface area contributed by atoms with Gasteiger partial charge in [-0.2, -0.15) is 0 Å². The summed E-state index contributed by atoms with van der Waals surface area (Å²) >= 11 is 5.77. The minimum absolute atomic E-state index is 0.345. The predicted octanol–water partition coefficient (Wildman–Crippen LogP) is 2.52. The van der Waals surface area contributed by atoms with E-state index in [0.717, 1.165) is 19.4 Å². The Labute approximate surface area is 68.9 Å². The molecule has 0 saturated heterocycles. The monoisotopic (exact) mass is 163 g/mol. The topological polar surface area (TPSA) is 26.0 Å². The Hall–Kier alpha value is 0.250. The van der Waals surface area contributed by atoms with Gasteiger partial charge >= 0.3 is 0 Å². The van der Waals surface area contributed by atoms with Crippen LogP contribution in [0.3, 0.4) is 0 Å². The lowest BCUT2D eigenvalue weighted by molar-refractivity contribution is 0.615. The van der Waals surface area contributed by atoms with Crippen LogP contribution in [0.15, 0.2) is 0 Å². The summed E-state index contributed by atoms with van der Waals surface area (Å²) in [5, 5.41) is 0.345. The Morgan fingerprint density at radius 3 is 2.30 bits per heavy atom. The molecule has 2 N–H and O–H groups in total. The van der Waals surface area contributed by atoms with E-state index in [1.54, 1.807) is 0 Å². The molecule has 62 valence electrons. The zero-order valence-electron chi connectivity index (χ0n) is 6.78. The summed E-state index contributed by atoms with van der Waals surface area (Å²) in [4.78, 5) is 0. The molecule has 0 saturated carbocycles. The van der Waals surface area contributed by atoms with Gasteiger partial charge in [0.1, 0.15) is 0 Å². The zero-order chi connectivity index (χ0) is 7.82. The number of nitrogens with two attached hydrogens (primary N) is 1. The Morgan fingerprint density at radius 2 is 1.80 bits per heavy atom. The summed E-state index contributed by atoms with van der Waals surface area (Å²) in [6, 6.07) is 0. The van der Waals surface area contributed by atoms with E-state index in [1.165, 1.54) is 19.3 Å². The van der Waals surface area contributed by atoms with E-state index in [1.807, 2.05) is 6.92 Å². The number of hydrogen-bond donors (Lipinski definition) is 1. The largest absolute Gasteiger partial charge is 0.330 e. The molecule has 1 atom stereocenters. The number of alkyl halides is 1. The molecule has 0 aliphatic carbocycles. The summed E-state index contributed by atoms with van der Waals surface area (Å²) in [6.07, 6.45) is 6.11. The van der Waals surface area contributed by atoms with Crippen LogP contribution in [0.25, 0.3) is 0 Å². The second-order valence-electron chi connectivity index (χ2n) is 2.77. The Kier molecular flexibility index (Phi) is 7.54. The molecule has 0 aromatic rings. The lowest BCUT2D eigenvalue weighted by atomic mass is 10.1. The number of rotatable bonds is 6. The molecule has 2 heteroatoms. The first-order valence-corrected chi connectivity index (χ1v) is 4.55. The molecule has 1 nitrogen and oxygen atoms in total. The third kappa shape index (κ3) is 8.25. The van der Waals surface area contributed by atoms with Crippen molar-refractivity contribution >= 4 is 11.6 Å². The van der Waals surface area contributed by atoms with E-state index in [2.05, 4.69) is 0 Å². The third-order valence-corrected chi connectivity index (χ3v) is 1.77. The van der Waals surface area contributed by atoms with Gasteiger partial charge in [0.05, 0.1) is 0 Å². The highest BCUT2D eigenvalue weighted by atomic mass is 35.5. The standard InChI is InChI=1S/C8H18ClN/c1-8(9)6-4-2-3-5-7-10/h8H,2-7,10H2,1H3. The molecule has 0 heterocycles. The molecule has 0 radical (unpaired) electrons. The fourth-order valence-electron chi connectivity index (χ4n) is 0.924. The summed E-state index contributed by atoms with van der Waals surface area (Å²) in [5.41, 5.74) is 5.34. The van der Waals surface area contributed by atoms with E-state index in [4.69, 9.17) is 17.3 Å². The lowest BCUT2D eigenvalue weighted by Gasteiger charge is -2.01. The summed E-state index contributed by atoms with van der Waals surface area (Å²) in [7, 11) is 0. The van der Waals surface area contributed by atoms with Crippen molar-refractivity contribution in [1.82, 2.24) is 0 Å². The third-order valence-electron chi connectivity index (χ3n) is 1.56. The Bertz CT molecular complexity index is 64.3. The van der Waals surface area contributed by atoms with Crippen LogP contribution in [0.1, 0.15) is 39.0 Å². The molecule has 1 unspecified atom stereocenters. The van der Waals surface area contributed by atoms with Crippen molar-refractivity contribution in [1.29, 1.82) is 0 Å². The van der Waals surface area contributed by atoms with E-state index in [9.17, 15) is 0 Å². The van der Waals surface area contributed by atoms with Crippen molar-refractivity contribution in [2.45, 2.75) is 44.4 Å². The first-order chi connectivity index (χ1) is 4.77. The molecule has 0 spiro atoms. The molecular weight excluding hydrogens is 146 g/mol. The van der Waals surface area contributed by atoms with Crippen LogP contribution < -0.4 is 5.73 Å². The van der Waals surface area contributed by atoms with E-state index in [0.29, 0.717) is 5.38 Å². The molecule has 0 aromatic carbocycles. The Balaban J connectivity index is 2.77. The highest BCUT2D eigenvalue weighted by molar-refractivity contribution is 6.20. The van der Waals surface area contributed by atoms with E-state index < -0.39 is 0 Å². The van der Waals surface area contributed by atoms with Crippen LogP contribution in [0.4, 0.5) is 0 Å². The second kappa shape index (κ2) is 7.36. The van der Waals surface area contributed by atoms with Gasteiger partial charge in [-0.05, 0) is 26.3 Å².